The summed E-state index contributed by atoms with van der Waals surface area (Å²) in [5.74, 6) is 0.460. The van der Waals surface area contributed by atoms with E-state index in [4.69, 9.17) is 4.74 Å². The molecule has 1 aromatic heterocycles. The quantitative estimate of drug-likeness (QED) is 0.757. The number of nitrogens with zero attached hydrogens (tertiary/aromatic N) is 2. The summed E-state index contributed by atoms with van der Waals surface area (Å²) >= 11 is 1.42. The number of benzene rings is 1. The maximum atomic E-state index is 12.5. The summed E-state index contributed by atoms with van der Waals surface area (Å²) in [6.07, 6.45) is 1.97. The molecule has 0 spiro atoms. The van der Waals surface area contributed by atoms with E-state index < -0.39 is 6.09 Å². The second-order valence-electron chi connectivity index (χ2n) is 7.01. The van der Waals surface area contributed by atoms with E-state index in [1.807, 2.05) is 5.38 Å². The first kappa shape index (κ1) is 20.3. The number of nitrogens with one attached hydrogen (secondary N) is 2. The van der Waals surface area contributed by atoms with Gasteiger partial charge in [-0.1, -0.05) is 13.0 Å². The Bertz CT molecular complexity index is 823. The van der Waals surface area contributed by atoms with Gasteiger partial charge < -0.3 is 4.74 Å². The number of rotatable bonds is 6. The summed E-state index contributed by atoms with van der Waals surface area (Å²) in [7, 11) is 0. The third kappa shape index (κ3) is 5.77. The van der Waals surface area contributed by atoms with E-state index in [2.05, 4.69) is 27.4 Å². The van der Waals surface area contributed by atoms with E-state index in [-0.39, 0.29) is 12.5 Å². The van der Waals surface area contributed by atoms with Crippen molar-refractivity contribution in [3.63, 3.8) is 0 Å². The summed E-state index contributed by atoms with van der Waals surface area (Å²) < 4.78 is 4.85. The van der Waals surface area contributed by atoms with Crippen molar-refractivity contribution in [1.82, 2.24) is 9.88 Å². The number of carbonyl (C=O) groups excluding carboxylic acids is 2. The van der Waals surface area contributed by atoms with E-state index in [1.54, 1.807) is 31.2 Å². The third-order valence-electron chi connectivity index (χ3n) is 4.55. The number of likely N-dealkylation sites (tertiary alicyclic amines) is 1. The normalized spacial score (nSPS) is 17.1. The van der Waals surface area contributed by atoms with Crippen molar-refractivity contribution in [3.05, 3.63) is 40.9 Å². The van der Waals surface area contributed by atoms with Gasteiger partial charge in [0, 0.05) is 29.7 Å². The van der Waals surface area contributed by atoms with Crippen molar-refractivity contribution >= 4 is 34.2 Å². The maximum absolute atomic E-state index is 12.5. The summed E-state index contributed by atoms with van der Waals surface area (Å²) in [5, 5.41) is 8.00. The number of hydrogen-bond donors (Lipinski definition) is 2. The molecule has 2 aromatic rings. The van der Waals surface area contributed by atoms with Crippen molar-refractivity contribution in [2.45, 2.75) is 33.2 Å². The molecule has 28 heavy (non-hydrogen) atoms. The highest BCUT2D eigenvalue weighted by Crippen LogP contribution is 2.21. The van der Waals surface area contributed by atoms with Gasteiger partial charge >= 0.3 is 6.09 Å². The summed E-state index contributed by atoms with van der Waals surface area (Å²) in [6, 6.07) is 6.71. The average molecular weight is 403 g/mol. The van der Waals surface area contributed by atoms with Crippen LogP contribution in [0.5, 0.6) is 0 Å². The first-order chi connectivity index (χ1) is 13.5. The maximum Gasteiger partial charge on any atom is 0.411 e. The fourth-order valence-electron chi connectivity index (χ4n) is 3.29. The number of thiazole rings is 1. The number of hydrogen-bond acceptors (Lipinski definition) is 6. The monoisotopic (exact) mass is 402 g/mol. The number of amides is 2. The van der Waals surface area contributed by atoms with Crippen LogP contribution in [-0.2, 0) is 11.3 Å². The van der Waals surface area contributed by atoms with Crippen molar-refractivity contribution in [1.29, 1.82) is 0 Å². The Morgan fingerprint density at radius 1 is 1.36 bits per heavy atom. The van der Waals surface area contributed by atoms with Gasteiger partial charge in [0.2, 0.25) is 0 Å². The van der Waals surface area contributed by atoms with Crippen LogP contribution in [0.3, 0.4) is 0 Å². The third-order valence-corrected chi connectivity index (χ3v) is 5.35. The summed E-state index contributed by atoms with van der Waals surface area (Å²) in [4.78, 5) is 31.0. The number of ether oxygens (including phenoxy) is 1. The standard InChI is InChI=1S/C20H26N4O3S/c1-3-27-20(26)22-16-8-4-7-15(10-16)18(25)23-19-21-17(13-28-19)12-24-9-5-6-14(2)11-24/h4,7-8,10,13-14H,3,5-6,9,11-12H2,1-2H3,(H,22,26)(H,21,23,25). The molecule has 1 aliphatic rings. The second kappa shape index (κ2) is 9.66. The molecule has 150 valence electrons. The fourth-order valence-corrected chi connectivity index (χ4v) is 3.99. The number of aromatic nitrogens is 1. The minimum absolute atomic E-state index is 0.264. The Morgan fingerprint density at radius 3 is 3.00 bits per heavy atom. The molecule has 7 nitrogen and oxygen atoms in total. The zero-order valence-corrected chi connectivity index (χ0v) is 17.1. The summed E-state index contributed by atoms with van der Waals surface area (Å²) in [6.45, 7) is 7.31. The molecule has 3 rings (SSSR count). The molecule has 2 amide bonds. The first-order valence-electron chi connectivity index (χ1n) is 9.55. The largest absolute Gasteiger partial charge is 0.450 e. The van der Waals surface area contributed by atoms with Crippen molar-refractivity contribution < 1.29 is 14.3 Å². The average Bonchev–Trinajstić information content (AvgIpc) is 3.09. The lowest BCUT2D eigenvalue weighted by Gasteiger charge is -2.30. The molecule has 1 saturated heterocycles. The predicted octanol–water partition coefficient (Wildman–Crippen LogP) is 4.20. The Balaban J connectivity index is 1.57. The van der Waals surface area contributed by atoms with Gasteiger partial charge in [0.1, 0.15) is 0 Å². The van der Waals surface area contributed by atoms with Crippen LogP contribution in [0.2, 0.25) is 0 Å². The van der Waals surface area contributed by atoms with E-state index in [0.29, 0.717) is 16.4 Å². The molecule has 2 N–H and O–H groups in total. The van der Waals surface area contributed by atoms with Gasteiger partial charge in [-0.2, -0.15) is 0 Å². The van der Waals surface area contributed by atoms with E-state index in [0.717, 1.165) is 31.2 Å². The fraction of sp³-hybridized carbons (Fsp3) is 0.450. The van der Waals surface area contributed by atoms with Gasteiger partial charge in [-0.3, -0.25) is 20.3 Å². The number of anilines is 2. The zero-order chi connectivity index (χ0) is 19.9. The SMILES string of the molecule is CCOC(=O)Nc1cccc(C(=O)Nc2nc(CN3CCCC(C)C3)cs2)c1. The summed E-state index contributed by atoms with van der Waals surface area (Å²) in [5.41, 5.74) is 1.92. The molecule has 2 heterocycles. The van der Waals surface area contributed by atoms with Crippen LogP contribution in [0.4, 0.5) is 15.6 Å². The molecular formula is C20H26N4O3S. The van der Waals surface area contributed by atoms with E-state index in [1.165, 1.54) is 24.2 Å². The van der Waals surface area contributed by atoms with Crippen molar-refractivity contribution in [2.24, 2.45) is 5.92 Å². The van der Waals surface area contributed by atoms with Gasteiger partial charge in [-0.05, 0) is 50.4 Å². The van der Waals surface area contributed by atoms with Gasteiger partial charge in [0.15, 0.2) is 5.13 Å². The predicted molar refractivity (Wildman–Crippen MR) is 111 cm³/mol. The van der Waals surface area contributed by atoms with E-state index >= 15 is 0 Å². The molecule has 0 bridgehead atoms. The van der Waals surface area contributed by atoms with Crippen LogP contribution >= 0.6 is 11.3 Å². The van der Waals surface area contributed by atoms with Gasteiger partial charge in [0.25, 0.3) is 5.91 Å². The highest BCUT2D eigenvalue weighted by Gasteiger charge is 2.18. The Labute approximate surface area is 169 Å². The van der Waals surface area contributed by atoms with Crippen LogP contribution in [0.25, 0.3) is 0 Å². The molecule has 8 heteroatoms. The van der Waals surface area contributed by atoms with Gasteiger partial charge in [-0.15, -0.1) is 11.3 Å². The molecule has 1 fully saturated rings. The minimum Gasteiger partial charge on any atom is -0.450 e. The lowest BCUT2D eigenvalue weighted by Crippen LogP contribution is -2.33. The Kier molecular flexibility index (Phi) is 7.00. The van der Waals surface area contributed by atoms with Gasteiger partial charge in [-0.25, -0.2) is 9.78 Å². The molecule has 1 aromatic carbocycles. The number of carbonyl (C=O) groups is 2. The topological polar surface area (TPSA) is 83.6 Å². The van der Waals surface area contributed by atoms with Crippen LogP contribution in [0.1, 0.15) is 42.7 Å². The molecule has 0 aliphatic carbocycles. The zero-order valence-electron chi connectivity index (χ0n) is 16.2. The van der Waals surface area contributed by atoms with Crippen molar-refractivity contribution in [2.75, 3.05) is 30.3 Å². The first-order valence-corrected chi connectivity index (χ1v) is 10.4. The smallest absolute Gasteiger partial charge is 0.411 e. The lowest BCUT2D eigenvalue weighted by molar-refractivity contribution is 0.102. The van der Waals surface area contributed by atoms with Crippen LogP contribution in [0, 0.1) is 5.92 Å². The molecule has 0 saturated carbocycles. The molecule has 0 radical (unpaired) electrons. The lowest BCUT2D eigenvalue weighted by atomic mass is 10.0. The van der Waals surface area contributed by atoms with E-state index in [9.17, 15) is 9.59 Å². The van der Waals surface area contributed by atoms with Crippen LogP contribution < -0.4 is 10.6 Å². The number of piperidine rings is 1. The molecule has 1 atom stereocenters. The van der Waals surface area contributed by atoms with Crippen LogP contribution in [0.15, 0.2) is 29.6 Å². The Morgan fingerprint density at radius 2 is 2.21 bits per heavy atom. The highest BCUT2D eigenvalue weighted by molar-refractivity contribution is 7.14. The Hall–Kier alpha value is -2.45. The van der Waals surface area contributed by atoms with Crippen molar-refractivity contribution in [3.8, 4) is 0 Å². The minimum atomic E-state index is -0.545. The molecule has 1 aliphatic heterocycles. The molecular weight excluding hydrogens is 376 g/mol. The van der Waals surface area contributed by atoms with Gasteiger partial charge in [0.05, 0.1) is 12.3 Å². The highest BCUT2D eigenvalue weighted by atomic mass is 32.1. The molecule has 1 unspecified atom stereocenters. The second-order valence-corrected chi connectivity index (χ2v) is 7.87. The van der Waals surface area contributed by atoms with Crippen LogP contribution in [-0.4, -0.2) is 41.6 Å².